The van der Waals surface area contributed by atoms with E-state index >= 15 is 0 Å². The van der Waals surface area contributed by atoms with E-state index < -0.39 is 62.9 Å². The lowest BCUT2D eigenvalue weighted by Gasteiger charge is -2.34. The summed E-state index contributed by atoms with van der Waals surface area (Å²) in [6, 6.07) is 20.4. The van der Waals surface area contributed by atoms with Gasteiger partial charge >= 0.3 is 11.9 Å². The summed E-state index contributed by atoms with van der Waals surface area (Å²) in [7, 11) is 5.04. The van der Waals surface area contributed by atoms with Gasteiger partial charge in [-0.15, -0.1) is 0 Å². The molecule has 0 saturated heterocycles. The van der Waals surface area contributed by atoms with E-state index in [0.717, 1.165) is 14.2 Å². The second-order valence-corrected chi connectivity index (χ2v) is 11.4. The van der Waals surface area contributed by atoms with Crippen molar-refractivity contribution in [3.05, 3.63) is 117 Å². The molecule has 1 spiro atoms. The minimum atomic E-state index is -2.81. The third-order valence-electron chi connectivity index (χ3n) is 9.28. The molecule has 1 unspecified atom stereocenters. The summed E-state index contributed by atoms with van der Waals surface area (Å²) >= 11 is 0. The van der Waals surface area contributed by atoms with Crippen molar-refractivity contribution in [1.82, 2.24) is 4.90 Å². The highest BCUT2D eigenvalue weighted by molar-refractivity contribution is 6.38. The molecule has 0 bridgehead atoms. The van der Waals surface area contributed by atoms with Crippen LogP contribution >= 0.6 is 0 Å². The fourth-order valence-corrected chi connectivity index (χ4v) is 7.09. The standard InChI is InChI=1S/C37H27N3O9/c1-46-22-13-9-20(10-14-22)17-40-29(35(45)49-4)26(34(44)48-3)27-30(40)28(31(41)21-11-15-23(47-2)16-12-21)37(36(27,18-38)19-39)32(42)24-7-5-6-8-25(24)33(37)43/h5-16,29H,17H2,1-4H3. The Hall–Kier alpha value is -6.53. The van der Waals surface area contributed by atoms with Gasteiger partial charge < -0.3 is 23.8 Å². The largest absolute Gasteiger partial charge is 0.497 e. The summed E-state index contributed by atoms with van der Waals surface area (Å²) < 4.78 is 20.7. The van der Waals surface area contributed by atoms with Crippen molar-refractivity contribution >= 4 is 29.3 Å². The summed E-state index contributed by atoms with van der Waals surface area (Å²) in [6.07, 6.45) is 0. The highest BCUT2D eigenvalue weighted by Crippen LogP contribution is 2.67. The summed E-state index contributed by atoms with van der Waals surface area (Å²) in [5.41, 5.74) is -6.99. The lowest BCUT2D eigenvalue weighted by Crippen LogP contribution is -2.50. The molecule has 3 aromatic rings. The van der Waals surface area contributed by atoms with E-state index in [1.165, 1.54) is 67.7 Å². The highest BCUT2D eigenvalue weighted by Gasteiger charge is 2.78. The van der Waals surface area contributed by atoms with E-state index in [1.807, 2.05) is 12.1 Å². The number of nitriles is 2. The van der Waals surface area contributed by atoms with Crippen molar-refractivity contribution in [2.45, 2.75) is 12.6 Å². The maximum Gasteiger partial charge on any atom is 0.336 e. The highest BCUT2D eigenvalue weighted by atomic mass is 16.5. The first-order valence-electron chi connectivity index (χ1n) is 14.9. The van der Waals surface area contributed by atoms with Crippen LogP contribution in [-0.2, 0) is 25.6 Å². The van der Waals surface area contributed by atoms with Gasteiger partial charge in [-0.2, -0.15) is 10.5 Å². The van der Waals surface area contributed by atoms with E-state index in [2.05, 4.69) is 0 Å². The number of carbonyl (C=O) groups is 5. The Morgan fingerprint density at radius 2 is 1.31 bits per heavy atom. The zero-order valence-corrected chi connectivity index (χ0v) is 26.7. The first kappa shape index (κ1) is 32.4. The van der Waals surface area contributed by atoms with Gasteiger partial charge in [0.15, 0.2) is 34.2 Å². The molecule has 1 atom stereocenters. The number of methoxy groups -OCH3 is 4. The summed E-state index contributed by atoms with van der Waals surface area (Å²) in [6.45, 7) is -0.208. The first-order chi connectivity index (χ1) is 23.6. The van der Waals surface area contributed by atoms with Crippen molar-refractivity contribution in [2.75, 3.05) is 28.4 Å². The zero-order valence-electron chi connectivity index (χ0n) is 26.7. The molecule has 1 heterocycles. The van der Waals surface area contributed by atoms with E-state index in [-0.39, 0.29) is 28.9 Å². The van der Waals surface area contributed by atoms with Gasteiger partial charge in [0, 0.05) is 34.4 Å². The smallest absolute Gasteiger partial charge is 0.336 e. The minimum absolute atomic E-state index is 0.0178. The zero-order chi connectivity index (χ0) is 35.2. The van der Waals surface area contributed by atoms with Crippen LogP contribution in [0.15, 0.2) is 95.2 Å². The third-order valence-corrected chi connectivity index (χ3v) is 9.28. The normalized spacial score (nSPS) is 18.1. The topological polar surface area (TPSA) is 173 Å². The van der Waals surface area contributed by atoms with Crippen molar-refractivity contribution in [3.8, 4) is 23.6 Å². The number of esters is 2. The van der Waals surface area contributed by atoms with Crippen LogP contribution in [0.25, 0.3) is 0 Å². The average Bonchev–Trinajstić information content (AvgIpc) is 3.69. The number of rotatable bonds is 8. The number of Topliss-reactive ketones (excluding diaryl/α,β-unsaturated/α-hetero) is 3. The summed E-state index contributed by atoms with van der Waals surface area (Å²) in [5, 5.41) is 22.1. The molecule has 12 nitrogen and oxygen atoms in total. The maximum atomic E-state index is 15.0. The van der Waals surface area contributed by atoms with Gasteiger partial charge in [-0.05, 0) is 42.0 Å². The predicted molar refractivity (Wildman–Crippen MR) is 169 cm³/mol. The summed E-state index contributed by atoms with van der Waals surface area (Å²) in [4.78, 5) is 73.3. The number of allylic oxidation sites excluding steroid dienone is 2. The molecule has 3 aliphatic rings. The molecular formula is C37H27N3O9. The Morgan fingerprint density at radius 1 is 0.776 bits per heavy atom. The van der Waals surface area contributed by atoms with E-state index in [0.29, 0.717) is 17.1 Å². The Morgan fingerprint density at radius 3 is 1.78 bits per heavy atom. The maximum absolute atomic E-state index is 15.0. The van der Waals surface area contributed by atoms with Crippen LogP contribution in [0.1, 0.15) is 36.6 Å². The SMILES string of the molecule is COC(=O)C1=C2C(=C(C(=O)c3ccc(OC)cc3)C3(C(=O)c4ccccc4C3=O)C2(C#N)C#N)N(Cc2ccc(OC)cc2)C1C(=O)OC. The van der Waals surface area contributed by atoms with E-state index in [4.69, 9.17) is 18.9 Å². The summed E-state index contributed by atoms with van der Waals surface area (Å²) in [5.74, 6) is -4.00. The number of ketones is 3. The van der Waals surface area contributed by atoms with Crippen molar-refractivity contribution in [3.63, 3.8) is 0 Å². The number of nitrogens with zero attached hydrogens (tertiary/aromatic N) is 3. The second kappa shape index (κ2) is 11.9. The van der Waals surface area contributed by atoms with Gasteiger partial charge in [0.1, 0.15) is 11.5 Å². The molecule has 0 amide bonds. The number of ether oxygens (including phenoxy) is 4. The Kier molecular flexibility index (Phi) is 7.89. The monoisotopic (exact) mass is 657 g/mol. The molecule has 1 aliphatic heterocycles. The molecule has 6 rings (SSSR count). The number of fused-ring (bicyclic) bond motifs is 2. The van der Waals surface area contributed by atoms with Gasteiger partial charge in [-0.25, -0.2) is 9.59 Å². The average molecular weight is 658 g/mol. The first-order valence-corrected chi connectivity index (χ1v) is 14.9. The molecule has 244 valence electrons. The Labute approximate surface area is 280 Å². The van der Waals surface area contributed by atoms with Crippen LogP contribution in [0.3, 0.4) is 0 Å². The van der Waals surface area contributed by atoms with Gasteiger partial charge in [-0.1, -0.05) is 36.4 Å². The molecule has 3 aromatic carbocycles. The van der Waals surface area contributed by atoms with Crippen LogP contribution in [0.2, 0.25) is 0 Å². The van der Waals surface area contributed by atoms with Gasteiger partial charge in [-0.3, -0.25) is 14.4 Å². The molecule has 0 N–H and O–H groups in total. The lowest BCUT2D eigenvalue weighted by atomic mass is 9.58. The second-order valence-electron chi connectivity index (χ2n) is 11.4. The number of hydrogen-bond acceptors (Lipinski definition) is 12. The molecule has 2 aliphatic carbocycles. The lowest BCUT2D eigenvalue weighted by molar-refractivity contribution is -0.147. The molecule has 49 heavy (non-hydrogen) atoms. The van der Waals surface area contributed by atoms with E-state index in [1.54, 1.807) is 24.3 Å². The number of carbonyl (C=O) groups excluding carboxylic acids is 5. The predicted octanol–water partition coefficient (Wildman–Crippen LogP) is 3.78. The van der Waals surface area contributed by atoms with Crippen LogP contribution < -0.4 is 9.47 Å². The van der Waals surface area contributed by atoms with Crippen LogP contribution in [0, 0.1) is 33.5 Å². The minimum Gasteiger partial charge on any atom is -0.497 e. The van der Waals surface area contributed by atoms with Gasteiger partial charge in [0.05, 0.1) is 51.8 Å². The van der Waals surface area contributed by atoms with Gasteiger partial charge in [0.25, 0.3) is 0 Å². The van der Waals surface area contributed by atoms with Crippen LogP contribution in [0.5, 0.6) is 11.5 Å². The molecular weight excluding hydrogens is 630 g/mol. The molecule has 0 fully saturated rings. The Bertz CT molecular complexity index is 2070. The van der Waals surface area contributed by atoms with Crippen LogP contribution in [0.4, 0.5) is 0 Å². The Balaban J connectivity index is 1.78. The number of benzene rings is 3. The van der Waals surface area contributed by atoms with Crippen molar-refractivity contribution in [2.24, 2.45) is 10.8 Å². The third kappa shape index (κ3) is 4.24. The van der Waals surface area contributed by atoms with Crippen LogP contribution in [-0.4, -0.2) is 68.7 Å². The fraction of sp³-hybridized carbons (Fsp3) is 0.216. The molecule has 0 radical (unpaired) electrons. The van der Waals surface area contributed by atoms with Gasteiger partial charge in [0.2, 0.25) is 0 Å². The van der Waals surface area contributed by atoms with Crippen molar-refractivity contribution < 1.29 is 42.9 Å². The molecule has 0 aromatic heterocycles. The van der Waals surface area contributed by atoms with Crippen molar-refractivity contribution in [1.29, 1.82) is 10.5 Å². The molecule has 0 saturated carbocycles. The number of hydrogen-bond donors (Lipinski definition) is 0. The fourth-order valence-electron chi connectivity index (χ4n) is 7.09. The molecule has 12 heteroatoms. The van der Waals surface area contributed by atoms with E-state index in [9.17, 15) is 34.5 Å². The quantitative estimate of drug-likeness (QED) is 0.195.